The van der Waals surface area contributed by atoms with Gasteiger partial charge in [-0.05, 0) is 30.3 Å². The summed E-state index contributed by atoms with van der Waals surface area (Å²) in [5.41, 5.74) is 3.68. The molecule has 0 radical (unpaired) electrons. The molecule has 31 heavy (non-hydrogen) atoms. The van der Waals surface area contributed by atoms with Crippen LogP contribution in [0.4, 0.5) is 4.39 Å². The molecule has 4 aromatic rings. The number of nitrogens with one attached hydrogen (secondary N) is 2. The van der Waals surface area contributed by atoms with Crippen molar-refractivity contribution in [2.24, 2.45) is 0 Å². The van der Waals surface area contributed by atoms with Crippen molar-refractivity contribution < 1.29 is 13.9 Å². The van der Waals surface area contributed by atoms with Gasteiger partial charge in [0.2, 0.25) is 0 Å². The number of para-hydroxylation sites is 3. The molecule has 2 N–H and O–H groups in total. The number of nitrogens with zero attached hydrogens (tertiary/aromatic N) is 1. The Labute approximate surface area is 185 Å². The van der Waals surface area contributed by atoms with Gasteiger partial charge in [-0.2, -0.15) is 0 Å². The third-order valence-electron chi connectivity index (χ3n) is 4.96. The number of hydrogen-bond acceptors (Lipinski definition) is 4. The van der Waals surface area contributed by atoms with E-state index in [1.54, 1.807) is 13.2 Å². The van der Waals surface area contributed by atoms with Gasteiger partial charge >= 0.3 is 0 Å². The fourth-order valence-electron chi connectivity index (χ4n) is 3.37. The molecule has 4 rings (SSSR count). The monoisotopic (exact) mass is 439 g/mol. The molecule has 0 saturated heterocycles. The molecule has 1 aromatic heterocycles. The Bertz CT molecular complexity index is 1150. The number of benzene rings is 3. The second-order valence-corrected chi connectivity index (χ2v) is 7.51. The summed E-state index contributed by atoms with van der Waals surface area (Å²) in [4.78, 5) is 7.94. The van der Waals surface area contributed by atoms with Gasteiger partial charge in [0.25, 0.3) is 0 Å². The Morgan fingerprint density at radius 2 is 1.94 bits per heavy atom. The Morgan fingerprint density at radius 1 is 1.06 bits per heavy atom. The summed E-state index contributed by atoms with van der Waals surface area (Å²) in [6, 6.07) is 18.0. The van der Waals surface area contributed by atoms with Gasteiger partial charge < -0.3 is 19.8 Å². The molecule has 1 heterocycles. The van der Waals surface area contributed by atoms with Crippen LogP contribution in [0, 0.1) is 5.82 Å². The van der Waals surface area contributed by atoms with Crippen LogP contribution in [-0.2, 0) is 19.6 Å². The van der Waals surface area contributed by atoms with Crippen molar-refractivity contribution in [3.63, 3.8) is 0 Å². The largest absolute Gasteiger partial charge is 0.493 e. The van der Waals surface area contributed by atoms with Gasteiger partial charge in [-0.25, -0.2) is 9.37 Å². The second-order valence-electron chi connectivity index (χ2n) is 7.10. The van der Waals surface area contributed by atoms with Crippen LogP contribution in [0.1, 0.15) is 17.0 Å². The first-order valence-corrected chi connectivity index (χ1v) is 10.4. The van der Waals surface area contributed by atoms with Gasteiger partial charge in [0.1, 0.15) is 18.2 Å². The summed E-state index contributed by atoms with van der Waals surface area (Å²) in [5, 5.41) is 3.77. The lowest BCUT2D eigenvalue weighted by Crippen LogP contribution is -2.18. The minimum atomic E-state index is -0.375. The van der Waals surface area contributed by atoms with Crippen LogP contribution in [0.5, 0.6) is 11.5 Å². The fraction of sp³-hybridized carbons (Fsp3) is 0.208. The highest BCUT2D eigenvalue weighted by Gasteiger charge is 2.12. The molecule has 0 atom stereocenters. The van der Waals surface area contributed by atoms with Crippen molar-refractivity contribution in [2.45, 2.75) is 19.6 Å². The van der Waals surface area contributed by atoms with Gasteiger partial charge in [0, 0.05) is 30.6 Å². The Kier molecular flexibility index (Phi) is 6.70. The van der Waals surface area contributed by atoms with E-state index in [1.165, 1.54) is 12.1 Å². The highest BCUT2D eigenvalue weighted by atomic mass is 35.5. The van der Waals surface area contributed by atoms with Crippen molar-refractivity contribution in [1.29, 1.82) is 0 Å². The molecule has 0 saturated carbocycles. The number of ether oxygens (including phenoxy) is 2. The zero-order valence-corrected chi connectivity index (χ0v) is 17.9. The minimum Gasteiger partial charge on any atom is -0.493 e. The van der Waals surface area contributed by atoms with Gasteiger partial charge in [-0.15, -0.1) is 0 Å². The lowest BCUT2D eigenvalue weighted by Gasteiger charge is -2.16. The molecule has 0 unspecified atom stereocenters. The minimum absolute atomic E-state index is 0.214. The number of rotatable bonds is 9. The van der Waals surface area contributed by atoms with Crippen molar-refractivity contribution >= 4 is 22.6 Å². The Morgan fingerprint density at radius 3 is 2.74 bits per heavy atom. The fourth-order valence-corrected chi connectivity index (χ4v) is 3.59. The molecule has 0 fully saturated rings. The maximum atomic E-state index is 13.3. The van der Waals surface area contributed by atoms with Crippen LogP contribution >= 0.6 is 11.6 Å². The molecule has 5 nitrogen and oxygen atoms in total. The first-order valence-electron chi connectivity index (χ1n) is 10.0. The molecule has 3 aromatic carbocycles. The third kappa shape index (κ3) is 5.16. The first kappa shape index (κ1) is 21.2. The molecule has 0 amide bonds. The van der Waals surface area contributed by atoms with Crippen molar-refractivity contribution in [3.05, 3.63) is 88.5 Å². The van der Waals surface area contributed by atoms with E-state index in [0.717, 1.165) is 35.4 Å². The van der Waals surface area contributed by atoms with E-state index < -0.39 is 0 Å². The number of aromatic nitrogens is 2. The van der Waals surface area contributed by atoms with E-state index in [9.17, 15) is 4.39 Å². The lowest BCUT2D eigenvalue weighted by atomic mass is 10.1. The number of halogens is 2. The van der Waals surface area contributed by atoms with Crippen molar-refractivity contribution in [1.82, 2.24) is 15.3 Å². The predicted octanol–water partition coefficient (Wildman–Crippen LogP) is 5.28. The van der Waals surface area contributed by atoms with Crippen LogP contribution in [0.2, 0.25) is 5.02 Å². The Hall–Kier alpha value is -3.09. The average molecular weight is 440 g/mol. The molecule has 160 valence electrons. The van der Waals surface area contributed by atoms with E-state index in [1.807, 2.05) is 42.5 Å². The average Bonchev–Trinajstić information content (AvgIpc) is 3.19. The van der Waals surface area contributed by atoms with Crippen LogP contribution in [0.3, 0.4) is 0 Å². The number of H-pyrrole nitrogens is 1. The van der Waals surface area contributed by atoms with Gasteiger partial charge in [-0.3, -0.25) is 0 Å². The number of aromatic amines is 1. The smallest absolute Gasteiger partial charge is 0.166 e. The standard InChI is InChI=1S/C24H23ClFN3O2/c1-30-22-8-4-5-16(24(22)31-15-17-9-10-18(26)13-19(17)25)14-27-12-11-23-28-20-6-2-3-7-21(20)29-23/h2-10,13,27H,11-12,14-15H2,1H3,(H,28,29). The number of methoxy groups -OCH3 is 1. The zero-order valence-electron chi connectivity index (χ0n) is 17.1. The van der Waals surface area contributed by atoms with Crippen molar-refractivity contribution in [3.8, 4) is 11.5 Å². The SMILES string of the molecule is COc1cccc(CNCCc2nc3ccccc3[nH]2)c1OCc1ccc(F)cc1Cl. The molecule has 0 bridgehead atoms. The number of imidazole rings is 1. The van der Waals surface area contributed by atoms with E-state index in [-0.39, 0.29) is 12.4 Å². The van der Waals surface area contributed by atoms with E-state index in [2.05, 4.69) is 15.3 Å². The van der Waals surface area contributed by atoms with E-state index in [4.69, 9.17) is 21.1 Å². The van der Waals surface area contributed by atoms with Crippen LogP contribution in [-0.4, -0.2) is 23.6 Å². The van der Waals surface area contributed by atoms with Crippen LogP contribution in [0.15, 0.2) is 60.7 Å². The summed E-state index contributed by atoms with van der Waals surface area (Å²) >= 11 is 6.13. The summed E-state index contributed by atoms with van der Waals surface area (Å²) in [6.07, 6.45) is 0.778. The molecule has 0 aliphatic rings. The molecule has 0 aliphatic carbocycles. The summed E-state index contributed by atoms with van der Waals surface area (Å²) in [7, 11) is 1.60. The molecular formula is C24H23ClFN3O2. The number of hydrogen-bond donors (Lipinski definition) is 2. The maximum Gasteiger partial charge on any atom is 0.166 e. The normalized spacial score (nSPS) is 11.1. The van der Waals surface area contributed by atoms with E-state index >= 15 is 0 Å². The maximum absolute atomic E-state index is 13.3. The van der Waals surface area contributed by atoms with Gasteiger partial charge in [-0.1, -0.05) is 41.9 Å². The molecule has 0 aliphatic heterocycles. The molecule has 0 spiro atoms. The molecule has 7 heteroatoms. The quantitative estimate of drug-likeness (QED) is 0.348. The predicted molar refractivity (Wildman–Crippen MR) is 120 cm³/mol. The number of fused-ring (bicyclic) bond motifs is 1. The Balaban J connectivity index is 1.39. The zero-order chi connectivity index (χ0) is 21.6. The first-order chi connectivity index (χ1) is 15.1. The molecular weight excluding hydrogens is 417 g/mol. The van der Waals surface area contributed by atoms with Crippen LogP contribution < -0.4 is 14.8 Å². The summed E-state index contributed by atoms with van der Waals surface area (Å²) < 4.78 is 24.8. The van der Waals surface area contributed by atoms with Gasteiger partial charge in [0.05, 0.1) is 23.2 Å². The summed E-state index contributed by atoms with van der Waals surface area (Å²) in [6.45, 7) is 1.57. The topological polar surface area (TPSA) is 59.2 Å². The highest BCUT2D eigenvalue weighted by molar-refractivity contribution is 6.31. The van der Waals surface area contributed by atoms with Crippen molar-refractivity contribution in [2.75, 3.05) is 13.7 Å². The van der Waals surface area contributed by atoms with E-state index in [0.29, 0.717) is 28.6 Å². The second kappa shape index (κ2) is 9.81. The van der Waals surface area contributed by atoms with Gasteiger partial charge in [0.15, 0.2) is 11.5 Å². The summed E-state index contributed by atoms with van der Waals surface area (Å²) in [5.74, 6) is 1.85. The highest BCUT2D eigenvalue weighted by Crippen LogP contribution is 2.32. The van der Waals surface area contributed by atoms with Crippen LogP contribution in [0.25, 0.3) is 11.0 Å². The lowest BCUT2D eigenvalue weighted by molar-refractivity contribution is 0.280. The third-order valence-corrected chi connectivity index (χ3v) is 5.31.